The number of carboxylic acid groups (broad SMARTS) is 1. The van der Waals surface area contributed by atoms with Crippen molar-refractivity contribution in [2.75, 3.05) is 33.7 Å². The van der Waals surface area contributed by atoms with Crippen LogP contribution in [-0.4, -0.2) is 67.1 Å². The van der Waals surface area contributed by atoms with Gasteiger partial charge in [0, 0.05) is 0 Å². The molecule has 2 aliphatic rings. The summed E-state index contributed by atoms with van der Waals surface area (Å²) in [7, 11) is 3.64. The summed E-state index contributed by atoms with van der Waals surface area (Å²) in [6.45, 7) is 3.68. The molecule has 2 atom stereocenters. The molecule has 1 aliphatic carbocycles. The Morgan fingerprint density at radius 2 is 1.67 bits per heavy atom. The number of aliphatic carboxylic acids is 1. The zero-order valence-electron chi connectivity index (χ0n) is 26.4. The lowest BCUT2D eigenvalue weighted by Crippen LogP contribution is -2.35. The van der Waals surface area contributed by atoms with Crippen LogP contribution >= 0.6 is 0 Å². The number of benzene rings is 2. The van der Waals surface area contributed by atoms with Crippen LogP contribution in [0, 0.1) is 18.7 Å². The number of rotatable bonds is 11. The van der Waals surface area contributed by atoms with Gasteiger partial charge >= 0.3 is 18.5 Å². The number of halogens is 7. The molecule has 5 nitrogen and oxygen atoms in total. The number of likely N-dealkylation sites (N-methyl/N-ethyl adjacent to an activating group) is 1. The number of ether oxygens (including phenoxy) is 1. The summed E-state index contributed by atoms with van der Waals surface area (Å²) in [6.07, 6.45) is -6.44. The van der Waals surface area contributed by atoms with Crippen molar-refractivity contribution >= 4 is 5.97 Å². The van der Waals surface area contributed by atoms with Gasteiger partial charge in [-0.3, -0.25) is 14.4 Å². The summed E-state index contributed by atoms with van der Waals surface area (Å²) in [5.41, 5.74) is 1.21. The van der Waals surface area contributed by atoms with E-state index in [4.69, 9.17) is 0 Å². The second kappa shape index (κ2) is 15.0. The third kappa shape index (κ3) is 9.67. The maximum Gasteiger partial charge on any atom is 0.522 e. The van der Waals surface area contributed by atoms with Gasteiger partial charge in [-0.1, -0.05) is 18.2 Å². The standard InChI is InChI=1S/C34H43F7N2O3/c1-21-17-27(35)20-29(30(21)23-7-9-28(10-8-23)46-34(39,40)41)31(32(44)45)43(3)16-13-25(18-22-11-14-42(2)15-12-22)24-5-4-6-26(19-24)33(36,37)38/h4-6,17,19-20,22-23,25,28,31H,7-16,18H2,1-3H3,(H,44,45). The molecule has 1 saturated heterocycles. The zero-order valence-corrected chi connectivity index (χ0v) is 26.4. The quantitative estimate of drug-likeness (QED) is 0.245. The van der Waals surface area contributed by atoms with E-state index in [-0.39, 0.29) is 36.8 Å². The minimum atomic E-state index is -4.75. The lowest BCUT2D eigenvalue weighted by Gasteiger charge is -2.35. The van der Waals surface area contributed by atoms with Gasteiger partial charge in [0.1, 0.15) is 11.9 Å². The minimum absolute atomic E-state index is 0.129. The molecule has 1 aliphatic heterocycles. The average molecular weight is 661 g/mol. The summed E-state index contributed by atoms with van der Waals surface area (Å²) < 4.78 is 98.2. The van der Waals surface area contributed by atoms with Crippen LogP contribution in [0.3, 0.4) is 0 Å². The summed E-state index contributed by atoms with van der Waals surface area (Å²) in [6, 6.07) is 6.55. The van der Waals surface area contributed by atoms with Crippen LogP contribution in [0.15, 0.2) is 36.4 Å². The van der Waals surface area contributed by atoms with Crippen LogP contribution in [0.25, 0.3) is 0 Å². The Balaban J connectivity index is 1.58. The summed E-state index contributed by atoms with van der Waals surface area (Å²) >= 11 is 0. The smallest absolute Gasteiger partial charge is 0.480 e. The molecule has 2 aromatic rings. The van der Waals surface area contributed by atoms with Gasteiger partial charge in [0.2, 0.25) is 0 Å². The van der Waals surface area contributed by atoms with E-state index in [2.05, 4.69) is 9.64 Å². The normalized spacial score (nSPS) is 21.8. The molecule has 0 bridgehead atoms. The van der Waals surface area contributed by atoms with E-state index in [1.54, 1.807) is 24.9 Å². The molecular weight excluding hydrogens is 617 g/mol. The molecule has 0 amide bonds. The monoisotopic (exact) mass is 660 g/mol. The summed E-state index contributed by atoms with van der Waals surface area (Å²) in [5, 5.41) is 10.4. The maximum absolute atomic E-state index is 14.8. The molecule has 0 aromatic heterocycles. The van der Waals surface area contributed by atoms with Gasteiger partial charge in [-0.15, -0.1) is 13.2 Å². The van der Waals surface area contributed by atoms with Crippen LogP contribution in [-0.2, 0) is 15.7 Å². The van der Waals surface area contributed by atoms with Gasteiger partial charge in [0.25, 0.3) is 0 Å². The number of carbonyl (C=O) groups is 1. The largest absolute Gasteiger partial charge is 0.522 e. The Morgan fingerprint density at radius 1 is 1.02 bits per heavy atom. The Morgan fingerprint density at radius 3 is 2.26 bits per heavy atom. The molecule has 1 saturated carbocycles. The van der Waals surface area contributed by atoms with E-state index in [9.17, 15) is 40.6 Å². The molecule has 4 rings (SSSR count). The fourth-order valence-electron chi connectivity index (χ4n) is 7.36. The second-order valence-corrected chi connectivity index (χ2v) is 13.1. The molecule has 12 heteroatoms. The van der Waals surface area contributed by atoms with E-state index >= 15 is 0 Å². The first-order chi connectivity index (χ1) is 21.5. The Kier molecular flexibility index (Phi) is 11.8. The van der Waals surface area contributed by atoms with Crippen LogP contribution < -0.4 is 0 Å². The Labute approximate surface area is 265 Å². The highest BCUT2D eigenvalue weighted by atomic mass is 19.4. The van der Waals surface area contributed by atoms with Crippen molar-refractivity contribution in [3.8, 4) is 0 Å². The molecular formula is C34H43F7N2O3. The second-order valence-electron chi connectivity index (χ2n) is 13.1. The summed E-state index contributed by atoms with van der Waals surface area (Å²) in [5.74, 6) is -2.06. The van der Waals surface area contributed by atoms with Crippen molar-refractivity contribution in [3.63, 3.8) is 0 Å². The van der Waals surface area contributed by atoms with Crippen molar-refractivity contribution in [1.29, 1.82) is 0 Å². The van der Waals surface area contributed by atoms with Crippen LogP contribution in [0.2, 0.25) is 0 Å². The zero-order chi connectivity index (χ0) is 33.8. The molecule has 2 unspecified atom stereocenters. The van der Waals surface area contributed by atoms with E-state index in [0.717, 1.165) is 32.0 Å². The molecule has 2 fully saturated rings. The van der Waals surface area contributed by atoms with Crippen molar-refractivity contribution in [3.05, 3.63) is 70.0 Å². The average Bonchev–Trinajstić information content (AvgIpc) is 2.95. The lowest BCUT2D eigenvalue weighted by atomic mass is 9.77. The lowest BCUT2D eigenvalue weighted by molar-refractivity contribution is -0.345. The topological polar surface area (TPSA) is 53.0 Å². The number of hydrogen-bond acceptors (Lipinski definition) is 4. The van der Waals surface area contributed by atoms with Crippen molar-refractivity contribution < 1.29 is 45.4 Å². The minimum Gasteiger partial charge on any atom is -0.480 e. The fraction of sp³-hybridized carbons (Fsp3) is 0.618. The molecule has 256 valence electrons. The number of likely N-dealkylation sites (tertiary alicyclic amines) is 1. The molecule has 2 aromatic carbocycles. The molecule has 0 spiro atoms. The van der Waals surface area contributed by atoms with Gasteiger partial charge in [-0.05, 0) is 150 Å². The highest BCUT2D eigenvalue weighted by Gasteiger charge is 2.38. The molecule has 1 heterocycles. The van der Waals surface area contributed by atoms with E-state index < -0.39 is 42.0 Å². The van der Waals surface area contributed by atoms with Gasteiger partial charge in [-0.25, -0.2) is 4.39 Å². The molecule has 1 N–H and O–H groups in total. The summed E-state index contributed by atoms with van der Waals surface area (Å²) in [4.78, 5) is 16.6. The first-order valence-corrected chi connectivity index (χ1v) is 15.8. The SMILES string of the molecule is Cc1cc(F)cc(C(C(=O)O)N(C)CCC(CC2CCN(C)CC2)c2cccc(C(F)(F)F)c2)c1C1CCC(OC(F)(F)F)CC1. The fourth-order valence-corrected chi connectivity index (χ4v) is 7.36. The number of piperidine rings is 1. The number of aryl methyl sites for hydroxylation is 1. The highest BCUT2D eigenvalue weighted by molar-refractivity contribution is 5.76. The predicted molar refractivity (Wildman–Crippen MR) is 160 cm³/mol. The number of alkyl halides is 6. The van der Waals surface area contributed by atoms with Crippen molar-refractivity contribution in [2.45, 2.75) is 94.8 Å². The van der Waals surface area contributed by atoms with Crippen LogP contribution in [0.5, 0.6) is 0 Å². The number of nitrogens with zero attached hydrogens (tertiary/aromatic N) is 2. The molecule has 0 radical (unpaired) electrons. The van der Waals surface area contributed by atoms with Crippen LogP contribution in [0.4, 0.5) is 30.7 Å². The first kappa shape index (κ1) is 36.1. The first-order valence-electron chi connectivity index (χ1n) is 15.8. The molecule has 46 heavy (non-hydrogen) atoms. The Hall–Kier alpha value is -2.70. The third-order valence-corrected chi connectivity index (χ3v) is 9.71. The van der Waals surface area contributed by atoms with Gasteiger partial charge < -0.3 is 10.0 Å². The number of hydrogen-bond donors (Lipinski definition) is 1. The maximum atomic E-state index is 14.8. The van der Waals surface area contributed by atoms with E-state index in [1.807, 2.05) is 7.05 Å². The van der Waals surface area contributed by atoms with E-state index in [0.29, 0.717) is 48.3 Å². The van der Waals surface area contributed by atoms with Crippen molar-refractivity contribution in [2.24, 2.45) is 5.92 Å². The highest BCUT2D eigenvalue weighted by Crippen LogP contribution is 2.42. The van der Waals surface area contributed by atoms with E-state index in [1.165, 1.54) is 24.3 Å². The van der Waals surface area contributed by atoms with Gasteiger partial charge in [-0.2, -0.15) is 13.2 Å². The predicted octanol–water partition coefficient (Wildman–Crippen LogP) is 8.68. The Bertz CT molecular complexity index is 1320. The van der Waals surface area contributed by atoms with Crippen molar-refractivity contribution in [1.82, 2.24) is 9.80 Å². The van der Waals surface area contributed by atoms with Crippen LogP contribution in [0.1, 0.15) is 97.1 Å². The third-order valence-electron chi connectivity index (χ3n) is 9.71. The number of carboxylic acids is 1. The van der Waals surface area contributed by atoms with Gasteiger partial charge in [0.15, 0.2) is 0 Å². The van der Waals surface area contributed by atoms with Gasteiger partial charge in [0.05, 0.1) is 11.7 Å².